The fourth-order valence-electron chi connectivity index (χ4n) is 2.06. The number of piperidine rings is 1. The number of nitrogens with two attached hydrogens (primary N) is 1. The van der Waals surface area contributed by atoms with E-state index in [9.17, 15) is 0 Å². The molecule has 0 bridgehead atoms. The van der Waals surface area contributed by atoms with Crippen LogP contribution in [-0.2, 0) is 0 Å². The van der Waals surface area contributed by atoms with Crippen molar-refractivity contribution < 1.29 is 4.74 Å². The summed E-state index contributed by atoms with van der Waals surface area (Å²) in [5.41, 5.74) is 7.85. The third kappa shape index (κ3) is 2.67. The molecule has 16 heavy (non-hydrogen) atoms. The predicted octanol–water partition coefficient (Wildman–Crippen LogP) is 2.05. The second kappa shape index (κ2) is 4.74. The van der Waals surface area contributed by atoms with Crippen LogP contribution in [0, 0.1) is 6.92 Å². The van der Waals surface area contributed by atoms with E-state index < -0.39 is 0 Å². The van der Waals surface area contributed by atoms with Crippen LogP contribution in [0.1, 0.15) is 18.4 Å². The summed E-state index contributed by atoms with van der Waals surface area (Å²) in [5, 5.41) is 0. The Bertz CT molecular complexity index is 357. The highest BCUT2D eigenvalue weighted by Crippen LogP contribution is 2.25. The van der Waals surface area contributed by atoms with Gasteiger partial charge in [0.25, 0.3) is 0 Å². The first-order valence-corrected chi connectivity index (χ1v) is 5.86. The predicted molar refractivity (Wildman–Crippen MR) is 66.7 cm³/mol. The fourth-order valence-corrected chi connectivity index (χ4v) is 2.06. The molecule has 3 nitrogen and oxygen atoms in total. The van der Waals surface area contributed by atoms with Crippen LogP contribution in [0.2, 0.25) is 0 Å². The molecule has 0 radical (unpaired) electrons. The van der Waals surface area contributed by atoms with Gasteiger partial charge >= 0.3 is 0 Å². The van der Waals surface area contributed by atoms with Gasteiger partial charge in [0.05, 0.1) is 5.69 Å². The van der Waals surface area contributed by atoms with Gasteiger partial charge in [-0.25, -0.2) is 0 Å². The highest BCUT2D eigenvalue weighted by molar-refractivity contribution is 5.54. The zero-order valence-corrected chi connectivity index (χ0v) is 10.1. The number of nitrogens with zero attached hydrogens (tertiary/aromatic N) is 1. The van der Waals surface area contributed by atoms with Crippen LogP contribution in [0.25, 0.3) is 0 Å². The van der Waals surface area contributed by atoms with Crippen LogP contribution in [0.3, 0.4) is 0 Å². The molecule has 1 heterocycles. The molecule has 1 aliphatic heterocycles. The number of hydrogen-bond acceptors (Lipinski definition) is 3. The molecule has 2 N–H and O–H groups in total. The van der Waals surface area contributed by atoms with E-state index in [0.717, 1.165) is 37.4 Å². The maximum Gasteiger partial charge on any atom is 0.142 e. The second-order valence-corrected chi connectivity index (χ2v) is 4.66. The largest absolute Gasteiger partial charge is 0.488 e. The van der Waals surface area contributed by atoms with Gasteiger partial charge in [-0.1, -0.05) is 6.07 Å². The first-order chi connectivity index (χ1) is 7.65. The van der Waals surface area contributed by atoms with Crippen molar-refractivity contribution in [2.45, 2.75) is 25.9 Å². The summed E-state index contributed by atoms with van der Waals surface area (Å²) < 4.78 is 5.94. The van der Waals surface area contributed by atoms with Gasteiger partial charge < -0.3 is 15.4 Å². The van der Waals surface area contributed by atoms with Crippen molar-refractivity contribution in [1.82, 2.24) is 4.90 Å². The molecule has 0 atom stereocenters. The lowest BCUT2D eigenvalue weighted by Gasteiger charge is -2.29. The minimum atomic E-state index is 0.321. The van der Waals surface area contributed by atoms with Gasteiger partial charge in [-0.3, -0.25) is 0 Å². The quantitative estimate of drug-likeness (QED) is 0.775. The molecule has 88 valence electrons. The molecule has 0 aromatic heterocycles. The van der Waals surface area contributed by atoms with Gasteiger partial charge in [0.2, 0.25) is 0 Å². The second-order valence-electron chi connectivity index (χ2n) is 4.66. The van der Waals surface area contributed by atoms with Crippen molar-refractivity contribution in [3.8, 4) is 5.75 Å². The molecule has 2 rings (SSSR count). The standard InChI is InChI=1S/C13H20N2O/c1-10-3-4-13(12(14)9-10)16-11-5-7-15(2)8-6-11/h3-4,9,11H,5-8,14H2,1-2H3. The van der Waals surface area contributed by atoms with E-state index in [2.05, 4.69) is 11.9 Å². The lowest BCUT2D eigenvalue weighted by molar-refractivity contribution is 0.115. The Morgan fingerprint density at radius 2 is 2.00 bits per heavy atom. The summed E-state index contributed by atoms with van der Waals surface area (Å²) in [6.45, 7) is 4.25. The van der Waals surface area contributed by atoms with Crippen LogP contribution >= 0.6 is 0 Å². The van der Waals surface area contributed by atoms with Crippen molar-refractivity contribution in [2.75, 3.05) is 25.9 Å². The highest BCUT2D eigenvalue weighted by Gasteiger charge is 2.18. The summed E-state index contributed by atoms with van der Waals surface area (Å²) in [7, 11) is 2.15. The molecular weight excluding hydrogens is 200 g/mol. The Hall–Kier alpha value is -1.22. The number of ether oxygens (including phenoxy) is 1. The zero-order chi connectivity index (χ0) is 11.5. The molecular formula is C13H20N2O. The normalized spacial score (nSPS) is 18.6. The molecule has 1 aliphatic rings. The number of anilines is 1. The van der Waals surface area contributed by atoms with E-state index in [1.165, 1.54) is 5.56 Å². The average Bonchev–Trinajstić information content (AvgIpc) is 2.25. The van der Waals surface area contributed by atoms with Crippen LogP contribution in [0.4, 0.5) is 5.69 Å². The monoisotopic (exact) mass is 220 g/mol. The third-order valence-corrected chi connectivity index (χ3v) is 3.12. The molecule has 1 aromatic carbocycles. The Labute approximate surface area is 97.2 Å². The van der Waals surface area contributed by atoms with Gasteiger partial charge in [0.1, 0.15) is 11.9 Å². The van der Waals surface area contributed by atoms with Crippen molar-refractivity contribution in [1.29, 1.82) is 0 Å². The summed E-state index contributed by atoms with van der Waals surface area (Å²) in [5.74, 6) is 0.833. The van der Waals surface area contributed by atoms with Crippen molar-refractivity contribution in [2.24, 2.45) is 0 Å². The molecule has 1 aromatic rings. The molecule has 0 aliphatic carbocycles. The average molecular weight is 220 g/mol. The minimum absolute atomic E-state index is 0.321. The first-order valence-electron chi connectivity index (χ1n) is 5.86. The third-order valence-electron chi connectivity index (χ3n) is 3.12. The summed E-state index contributed by atoms with van der Waals surface area (Å²) in [6.07, 6.45) is 2.49. The highest BCUT2D eigenvalue weighted by atomic mass is 16.5. The Morgan fingerprint density at radius 1 is 1.31 bits per heavy atom. The number of likely N-dealkylation sites (tertiary alicyclic amines) is 1. The van der Waals surface area contributed by atoms with E-state index in [4.69, 9.17) is 10.5 Å². The van der Waals surface area contributed by atoms with E-state index in [-0.39, 0.29) is 0 Å². The van der Waals surface area contributed by atoms with Crippen LogP contribution in [-0.4, -0.2) is 31.1 Å². The zero-order valence-electron chi connectivity index (χ0n) is 10.1. The SMILES string of the molecule is Cc1ccc(OC2CCN(C)CC2)c(N)c1. The lowest BCUT2D eigenvalue weighted by atomic mass is 10.1. The van der Waals surface area contributed by atoms with Gasteiger partial charge in [0.15, 0.2) is 0 Å². The van der Waals surface area contributed by atoms with E-state index in [0.29, 0.717) is 6.10 Å². The summed E-state index contributed by atoms with van der Waals surface area (Å²) in [6, 6.07) is 5.98. The number of nitrogen functional groups attached to an aromatic ring is 1. The van der Waals surface area contributed by atoms with Gasteiger partial charge in [-0.05, 0) is 44.5 Å². The Kier molecular flexibility index (Phi) is 3.34. The summed E-state index contributed by atoms with van der Waals surface area (Å²) in [4.78, 5) is 2.33. The molecule has 3 heteroatoms. The van der Waals surface area contributed by atoms with Gasteiger partial charge in [-0.15, -0.1) is 0 Å². The maximum absolute atomic E-state index is 5.94. The van der Waals surface area contributed by atoms with E-state index in [1.54, 1.807) is 0 Å². The molecule has 0 saturated carbocycles. The molecule has 0 unspecified atom stereocenters. The fraction of sp³-hybridized carbons (Fsp3) is 0.538. The van der Waals surface area contributed by atoms with Crippen molar-refractivity contribution in [3.05, 3.63) is 23.8 Å². The maximum atomic E-state index is 5.94. The Morgan fingerprint density at radius 3 is 2.62 bits per heavy atom. The number of rotatable bonds is 2. The number of aryl methyl sites for hydroxylation is 1. The minimum Gasteiger partial charge on any atom is -0.488 e. The number of hydrogen-bond donors (Lipinski definition) is 1. The molecule has 1 fully saturated rings. The van der Waals surface area contributed by atoms with E-state index in [1.807, 2.05) is 25.1 Å². The smallest absolute Gasteiger partial charge is 0.142 e. The van der Waals surface area contributed by atoms with Gasteiger partial charge in [0, 0.05) is 13.1 Å². The topological polar surface area (TPSA) is 38.5 Å². The van der Waals surface area contributed by atoms with Crippen LogP contribution < -0.4 is 10.5 Å². The van der Waals surface area contributed by atoms with Crippen molar-refractivity contribution in [3.63, 3.8) is 0 Å². The van der Waals surface area contributed by atoms with E-state index >= 15 is 0 Å². The molecule has 1 saturated heterocycles. The molecule has 0 spiro atoms. The molecule has 0 amide bonds. The lowest BCUT2D eigenvalue weighted by Crippen LogP contribution is -2.35. The number of benzene rings is 1. The Balaban J connectivity index is 1.98. The van der Waals surface area contributed by atoms with Crippen LogP contribution in [0.5, 0.6) is 5.75 Å². The van der Waals surface area contributed by atoms with Crippen LogP contribution in [0.15, 0.2) is 18.2 Å². The first kappa shape index (κ1) is 11.3. The summed E-state index contributed by atoms with van der Waals surface area (Å²) >= 11 is 0. The van der Waals surface area contributed by atoms with Crippen molar-refractivity contribution >= 4 is 5.69 Å². The van der Waals surface area contributed by atoms with Gasteiger partial charge in [-0.2, -0.15) is 0 Å².